The first-order chi connectivity index (χ1) is 15.3. The highest BCUT2D eigenvalue weighted by Crippen LogP contribution is 2.25. The predicted molar refractivity (Wildman–Crippen MR) is 139 cm³/mol. The molecular formula is C25H35IN4O2. The van der Waals surface area contributed by atoms with Crippen LogP contribution in [-0.4, -0.2) is 67.8 Å². The fraction of sp³-hybridized carbons (Fsp3) is 0.480. The molecule has 2 atom stereocenters. The van der Waals surface area contributed by atoms with E-state index in [9.17, 15) is 0 Å². The molecule has 2 fully saturated rings. The van der Waals surface area contributed by atoms with Crippen molar-refractivity contribution in [1.82, 2.24) is 15.1 Å². The second-order valence-corrected chi connectivity index (χ2v) is 8.26. The Morgan fingerprint density at radius 1 is 1.06 bits per heavy atom. The highest BCUT2D eigenvalue weighted by Gasteiger charge is 2.41. The number of hydrogen-bond acceptors (Lipinski definition) is 4. The van der Waals surface area contributed by atoms with Crippen molar-refractivity contribution < 1.29 is 9.47 Å². The Labute approximate surface area is 209 Å². The predicted octanol–water partition coefficient (Wildman–Crippen LogP) is 3.50. The molecule has 2 heterocycles. The van der Waals surface area contributed by atoms with E-state index in [0.717, 1.165) is 45.3 Å². The molecule has 0 saturated carbocycles. The number of nitrogens with one attached hydrogen (secondary N) is 1. The van der Waals surface area contributed by atoms with Gasteiger partial charge in [-0.15, -0.1) is 24.0 Å². The van der Waals surface area contributed by atoms with Gasteiger partial charge in [-0.3, -0.25) is 4.90 Å². The summed E-state index contributed by atoms with van der Waals surface area (Å²) in [4.78, 5) is 9.87. The first-order valence-corrected chi connectivity index (χ1v) is 11.3. The SMILES string of the molecule is CCNC(=NCc1ccc(COC)cc1)N1CC2OCCN(Cc3ccccc3)C2C1.I. The topological polar surface area (TPSA) is 49.3 Å². The van der Waals surface area contributed by atoms with Crippen molar-refractivity contribution in [2.24, 2.45) is 4.99 Å². The Hall–Kier alpha value is -1.68. The molecule has 0 radical (unpaired) electrons. The lowest BCUT2D eigenvalue weighted by molar-refractivity contribution is -0.0502. The van der Waals surface area contributed by atoms with E-state index in [-0.39, 0.29) is 30.1 Å². The van der Waals surface area contributed by atoms with Gasteiger partial charge in [0.2, 0.25) is 0 Å². The summed E-state index contributed by atoms with van der Waals surface area (Å²) in [5.41, 5.74) is 3.74. The maximum absolute atomic E-state index is 6.15. The van der Waals surface area contributed by atoms with Crippen molar-refractivity contribution in [3.05, 3.63) is 71.3 Å². The number of aliphatic imine (C=N–C) groups is 1. The van der Waals surface area contributed by atoms with Crippen molar-refractivity contribution in [2.75, 3.05) is 39.9 Å². The Morgan fingerprint density at radius 3 is 2.53 bits per heavy atom. The molecular weight excluding hydrogens is 515 g/mol. The van der Waals surface area contributed by atoms with Crippen LogP contribution in [0.25, 0.3) is 0 Å². The van der Waals surface area contributed by atoms with Crippen LogP contribution in [0.1, 0.15) is 23.6 Å². The molecule has 0 spiro atoms. The number of nitrogens with zero attached hydrogens (tertiary/aromatic N) is 3. The van der Waals surface area contributed by atoms with Gasteiger partial charge in [-0.1, -0.05) is 54.6 Å². The quantitative estimate of drug-likeness (QED) is 0.325. The minimum absolute atomic E-state index is 0. The monoisotopic (exact) mass is 550 g/mol. The summed E-state index contributed by atoms with van der Waals surface area (Å²) < 4.78 is 11.3. The number of fused-ring (bicyclic) bond motifs is 1. The van der Waals surface area contributed by atoms with E-state index in [0.29, 0.717) is 19.2 Å². The third kappa shape index (κ3) is 6.43. The lowest BCUT2D eigenvalue weighted by Gasteiger charge is -2.36. The van der Waals surface area contributed by atoms with E-state index in [1.807, 2.05) is 0 Å². The summed E-state index contributed by atoms with van der Waals surface area (Å²) in [7, 11) is 1.72. The number of guanidine groups is 1. The Balaban J connectivity index is 0.00000289. The summed E-state index contributed by atoms with van der Waals surface area (Å²) in [6, 6.07) is 19.6. The van der Waals surface area contributed by atoms with E-state index in [2.05, 4.69) is 76.6 Å². The molecule has 32 heavy (non-hydrogen) atoms. The van der Waals surface area contributed by atoms with Gasteiger partial charge in [-0.2, -0.15) is 0 Å². The van der Waals surface area contributed by atoms with Crippen molar-refractivity contribution >= 4 is 29.9 Å². The average Bonchev–Trinajstić information content (AvgIpc) is 3.24. The van der Waals surface area contributed by atoms with Crippen LogP contribution < -0.4 is 5.32 Å². The minimum Gasteiger partial charge on any atom is -0.380 e. The van der Waals surface area contributed by atoms with Crippen LogP contribution in [0.15, 0.2) is 59.6 Å². The van der Waals surface area contributed by atoms with E-state index in [1.54, 1.807) is 7.11 Å². The van der Waals surface area contributed by atoms with Crippen LogP contribution >= 0.6 is 24.0 Å². The fourth-order valence-corrected chi connectivity index (χ4v) is 4.45. The molecule has 6 nitrogen and oxygen atoms in total. The number of morpholine rings is 1. The normalized spacial score (nSPS) is 21.2. The number of benzene rings is 2. The van der Waals surface area contributed by atoms with Crippen molar-refractivity contribution in [2.45, 2.75) is 38.8 Å². The number of hydrogen-bond donors (Lipinski definition) is 1. The molecule has 0 aromatic heterocycles. The van der Waals surface area contributed by atoms with Crippen LogP contribution in [0.4, 0.5) is 0 Å². The van der Waals surface area contributed by atoms with Crippen LogP contribution in [0, 0.1) is 0 Å². The molecule has 7 heteroatoms. The molecule has 2 aliphatic rings. The van der Waals surface area contributed by atoms with Gasteiger partial charge in [-0.25, -0.2) is 4.99 Å². The first-order valence-electron chi connectivity index (χ1n) is 11.3. The molecule has 2 saturated heterocycles. The van der Waals surface area contributed by atoms with Crippen LogP contribution in [0.5, 0.6) is 0 Å². The molecule has 0 aliphatic carbocycles. The van der Waals surface area contributed by atoms with Gasteiger partial charge in [0.05, 0.1) is 31.9 Å². The molecule has 174 valence electrons. The maximum atomic E-state index is 6.15. The zero-order valence-electron chi connectivity index (χ0n) is 19.1. The molecule has 0 bridgehead atoms. The second-order valence-electron chi connectivity index (χ2n) is 8.26. The van der Waals surface area contributed by atoms with Gasteiger partial charge in [0.25, 0.3) is 0 Å². The fourth-order valence-electron chi connectivity index (χ4n) is 4.45. The summed E-state index contributed by atoms with van der Waals surface area (Å²) in [6.45, 7) is 8.85. The second kappa shape index (κ2) is 12.5. The first kappa shape index (κ1) is 25.0. The lowest BCUT2D eigenvalue weighted by atomic mass is 10.1. The summed E-state index contributed by atoms with van der Waals surface area (Å²) in [6.07, 6.45) is 0.231. The van der Waals surface area contributed by atoms with E-state index >= 15 is 0 Å². The van der Waals surface area contributed by atoms with Crippen molar-refractivity contribution in [1.29, 1.82) is 0 Å². The summed E-state index contributed by atoms with van der Waals surface area (Å²) in [5.74, 6) is 0.973. The average molecular weight is 550 g/mol. The summed E-state index contributed by atoms with van der Waals surface area (Å²) in [5, 5.41) is 3.48. The number of methoxy groups -OCH3 is 1. The van der Waals surface area contributed by atoms with Crippen LogP contribution in [0.2, 0.25) is 0 Å². The Kier molecular flexibility index (Phi) is 9.77. The minimum atomic E-state index is 0. The van der Waals surface area contributed by atoms with Gasteiger partial charge in [0.15, 0.2) is 5.96 Å². The smallest absolute Gasteiger partial charge is 0.194 e. The molecule has 4 rings (SSSR count). The Bertz CT molecular complexity index is 847. The lowest BCUT2D eigenvalue weighted by Crippen LogP contribution is -2.50. The van der Waals surface area contributed by atoms with E-state index in [1.165, 1.54) is 16.7 Å². The zero-order valence-corrected chi connectivity index (χ0v) is 21.4. The van der Waals surface area contributed by atoms with Gasteiger partial charge < -0.3 is 19.7 Å². The molecule has 2 aliphatic heterocycles. The van der Waals surface area contributed by atoms with Gasteiger partial charge in [0, 0.05) is 39.8 Å². The third-order valence-corrected chi connectivity index (χ3v) is 6.02. The molecule has 2 aromatic carbocycles. The van der Waals surface area contributed by atoms with Gasteiger partial charge in [0.1, 0.15) is 0 Å². The van der Waals surface area contributed by atoms with Crippen molar-refractivity contribution in [3.63, 3.8) is 0 Å². The molecule has 1 N–H and O–H groups in total. The highest BCUT2D eigenvalue weighted by atomic mass is 127. The maximum Gasteiger partial charge on any atom is 0.194 e. The van der Waals surface area contributed by atoms with E-state index < -0.39 is 0 Å². The van der Waals surface area contributed by atoms with Crippen LogP contribution in [0.3, 0.4) is 0 Å². The molecule has 2 aromatic rings. The van der Waals surface area contributed by atoms with Gasteiger partial charge in [-0.05, 0) is 23.6 Å². The molecule has 0 amide bonds. The molecule has 2 unspecified atom stereocenters. The van der Waals surface area contributed by atoms with Crippen LogP contribution in [-0.2, 0) is 29.2 Å². The van der Waals surface area contributed by atoms with Gasteiger partial charge >= 0.3 is 0 Å². The number of rotatable bonds is 7. The zero-order chi connectivity index (χ0) is 21.5. The number of halogens is 1. The largest absolute Gasteiger partial charge is 0.380 e. The number of ether oxygens (including phenoxy) is 2. The number of likely N-dealkylation sites (tertiary alicyclic amines) is 1. The van der Waals surface area contributed by atoms with Crippen molar-refractivity contribution in [3.8, 4) is 0 Å². The third-order valence-electron chi connectivity index (χ3n) is 6.02. The summed E-state index contributed by atoms with van der Waals surface area (Å²) >= 11 is 0. The Morgan fingerprint density at radius 2 is 1.81 bits per heavy atom. The highest BCUT2D eigenvalue weighted by molar-refractivity contribution is 14.0. The standard InChI is InChI=1S/C25H34N4O2.HI/c1-3-26-25(27-15-20-9-11-22(12-10-20)19-30-2)29-17-23-24(18-29)31-14-13-28(23)16-21-7-5-4-6-8-21;/h4-12,23-24H,3,13-19H2,1-2H3,(H,26,27);1H. The van der Waals surface area contributed by atoms with E-state index in [4.69, 9.17) is 14.5 Å².